The average Bonchev–Trinajstić information content (AvgIpc) is 2.87. The fourth-order valence-corrected chi connectivity index (χ4v) is 3.30. The standard InChI is InChI=1S/C21H22N2O5/c1-22(13-15-6-7-18-19(12-15)28-11-10-27-18)21(25)14-23-16-4-2-3-5-17(16)26-9-8-20(23)24/h2-7,12H,8-11,13-14H2,1H3. The number of likely N-dealkylation sites (N-methyl/N-ethyl adjacent to an activating group) is 1. The largest absolute Gasteiger partial charge is 0.491 e. The van der Waals surface area contributed by atoms with Crippen molar-refractivity contribution < 1.29 is 23.8 Å². The molecule has 7 heteroatoms. The van der Waals surface area contributed by atoms with Gasteiger partial charge in [0.15, 0.2) is 11.5 Å². The van der Waals surface area contributed by atoms with Crippen LogP contribution in [-0.4, -0.2) is 50.1 Å². The summed E-state index contributed by atoms with van der Waals surface area (Å²) in [5.74, 6) is 1.76. The van der Waals surface area contributed by atoms with Gasteiger partial charge in [0.25, 0.3) is 0 Å². The van der Waals surface area contributed by atoms with E-state index in [2.05, 4.69) is 0 Å². The van der Waals surface area contributed by atoms with Crippen LogP contribution in [0, 0.1) is 0 Å². The number of para-hydroxylation sites is 2. The van der Waals surface area contributed by atoms with Crippen molar-refractivity contribution in [2.75, 3.05) is 38.3 Å². The van der Waals surface area contributed by atoms with Crippen LogP contribution in [-0.2, 0) is 16.1 Å². The summed E-state index contributed by atoms with van der Waals surface area (Å²) in [6.45, 7) is 1.76. The summed E-state index contributed by atoms with van der Waals surface area (Å²) < 4.78 is 16.8. The quantitative estimate of drug-likeness (QED) is 0.811. The first kappa shape index (κ1) is 18.2. The van der Waals surface area contributed by atoms with Gasteiger partial charge in [-0.05, 0) is 29.8 Å². The van der Waals surface area contributed by atoms with Gasteiger partial charge in [0.1, 0.15) is 25.5 Å². The minimum Gasteiger partial charge on any atom is -0.491 e. The number of hydrogen-bond acceptors (Lipinski definition) is 5. The van der Waals surface area contributed by atoms with Gasteiger partial charge in [0.05, 0.1) is 18.7 Å². The van der Waals surface area contributed by atoms with E-state index in [1.165, 1.54) is 4.90 Å². The van der Waals surface area contributed by atoms with E-state index < -0.39 is 0 Å². The monoisotopic (exact) mass is 382 g/mol. The number of rotatable bonds is 4. The molecule has 2 heterocycles. The summed E-state index contributed by atoms with van der Waals surface area (Å²) in [7, 11) is 1.73. The first-order chi connectivity index (χ1) is 13.6. The van der Waals surface area contributed by atoms with Crippen molar-refractivity contribution in [3.05, 3.63) is 48.0 Å². The van der Waals surface area contributed by atoms with Crippen molar-refractivity contribution in [2.45, 2.75) is 13.0 Å². The molecule has 146 valence electrons. The molecule has 2 aliphatic heterocycles. The predicted molar refractivity (Wildman–Crippen MR) is 103 cm³/mol. The van der Waals surface area contributed by atoms with Crippen molar-refractivity contribution in [3.8, 4) is 17.2 Å². The molecule has 2 aromatic rings. The summed E-state index contributed by atoms with van der Waals surface area (Å²) in [5, 5.41) is 0. The molecule has 0 N–H and O–H groups in total. The molecular weight excluding hydrogens is 360 g/mol. The first-order valence-electron chi connectivity index (χ1n) is 9.26. The number of hydrogen-bond donors (Lipinski definition) is 0. The van der Waals surface area contributed by atoms with Crippen LogP contribution >= 0.6 is 0 Å². The lowest BCUT2D eigenvalue weighted by atomic mass is 10.2. The molecule has 4 rings (SSSR count). The molecular formula is C21H22N2O5. The number of carbonyl (C=O) groups is 2. The van der Waals surface area contributed by atoms with Crippen LogP contribution in [0.1, 0.15) is 12.0 Å². The van der Waals surface area contributed by atoms with Gasteiger partial charge in [-0.1, -0.05) is 18.2 Å². The number of carbonyl (C=O) groups excluding carboxylic acids is 2. The van der Waals surface area contributed by atoms with E-state index in [1.807, 2.05) is 36.4 Å². The van der Waals surface area contributed by atoms with Gasteiger partial charge in [0, 0.05) is 13.6 Å². The molecule has 0 radical (unpaired) electrons. The van der Waals surface area contributed by atoms with Gasteiger partial charge in [-0.3, -0.25) is 14.5 Å². The van der Waals surface area contributed by atoms with Crippen LogP contribution in [0.3, 0.4) is 0 Å². The Morgan fingerprint density at radius 3 is 2.61 bits per heavy atom. The highest BCUT2D eigenvalue weighted by molar-refractivity contribution is 6.00. The molecule has 0 unspecified atom stereocenters. The maximum atomic E-state index is 12.8. The molecule has 0 aliphatic carbocycles. The second-order valence-electron chi connectivity index (χ2n) is 6.77. The fourth-order valence-electron chi connectivity index (χ4n) is 3.30. The fraction of sp³-hybridized carbons (Fsp3) is 0.333. The van der Waals surface area contributed by atoms with Gasteiger partial charge in [-0.2, -0.15) is 0 Å². The second-order valence-corrected chi connectivity index (χ2v) is 6.77. The summed E-state index contributed by atoms with van der Waals surface area (Å²) in [6, 6.07) is 12.9. The van der Waals surface area contributed by atoms with Crippen molar-refractivity contribution in [1.29, 1.82) is 0 Å². The van der Waals surface area contributed by atoms with Crippen LogP contribution in [0.2, 0.25) is 0 Å². The summed E-state index contributed by atoms with van der Waals surface area (Å²) in [4.78, 5) is 28.4. The molecule has 0 saturated heterocycles. The number of anilines is 1. The zero-order valence-corrected chi connectivity index (χ0v) is 15.7. The molecule has 28 heavy (non-hydrogen) atoms. The molecule has 0 aromatic heterocycles. The molecule has 0 spiro atoms. The zero-order valence-electron chi connectivity index (χ0n) is 15.7. The highest BCUT2D eigenvalue weighted by Gasteiger charge is 2.26. The van der Waals surface area contributed by atoms with E-state index in [0.717, 1.165) is 11.3 Å². The molecule has 2 amide bonds. The third kappa shape index (κ3) is 3.74. The lowest BCUT2D eigenvalue weighted by Crippen LogP contribution is -2.41. The maximum absolute atomic E-state index is 12.8. The van der Waals surface area contributed by atoms with Crippen molar-refractivity contribution in [1.82, 2.24) is 4.90 Å². The number of benzene rings is 2. The van der Waals surface area contributed by atoms with Crippen LogP contribution in [0.5, 0.6) is 17.2 Å². The summed E-state index contributed by atoms with van der Waals surface area (Å²) in [5.41, 5.74) is 1.57. The number of nitrogens with zero attached hydrogens (tertiary/aromatic N) is 2. The Labute approximate surface area is 163 Å². The van der Waals surface area contributed by atoms with Crippen LogP contribution in [0.25, 0.3) is 0 Å². The van der Waals surface area contributed by atoms with Gasteiger partial charge < -0.3 is 19.1 Å². The van der Waals surface area contributed by atoms with Crippen molar-refractivity contribution in [2.24, 2.45) is 0 Å². The Morgan fingerprint density at radius 2 is 1.75 bits per heavy atom. The molecule has 2 aliphatic rings. The number of ether oxygens (including phenoxy) is 3. The van der Waals surface area contributed by atoms with E-state index in [9.17, 15) is 9.59 Å². The van der Waals surface area contributed by atoms with Gasteiger partial charge in [0.2, 0.25) is 11.8 Å². The second kappa shape index (κ2) is 7.80. The summed E-state index contributed by atoms with van der Waals surface area (Å²) >= 11 is 0. The van der Waals surface area contributed by atoms with Gasteiger partial charge in [-0.25, -0.2) is 0 Å². The highest BCUT2D eigenvalue weighted by atomic mass is 16.6. The van der Waals surface area contributed by atoms with Crippen LogP contribution in [0.15, 0.2) is 42.5 Å². The normalized spacial score (nSPS) is 15.3. The third-order valence-electron chi connectivity index (χ3n) is 4.78. The Kier molecular flexibility index (Phi) is 5.06. The lowest BCUT2D eigenvalue weighted by Gasteiger charge is -2.25. The third-order valence-corrected chi connectivity index (χ3v) is 4.78. The van der Waals surface area contributed by atoms with Gasteiger partial charge >= 0.3 is 0 Å². The maximum Gasteiger partial charge on any atom is 0.242 e. The number of fused-ring (bicyclic) bond motifs is 2. The van der Waals surface area contributed by atoms with Crippen molar-refractivity contribution in [3.63, 3.8) is 0 Å². The lowest BCUT2D eigenvalue weighted by molar-refractivity contribution is -0.130. The van der Waals surface area contributed by atoms with E-state index in [4.69, 9.17) is 14.2 Å². The molecule has 0 fully saturated rings. The minimum absolute atomic E-state index is 0.0275. The van der Waals surface area contributed by atoms with E-state index >= 15 is 0 Å². The Balaban J connectivity index is 1.46. The predicted octanol–water partition coefficient (Wildman–Crippen LogP) is 2.23. The highest BCUT2D eigenvalue weighted by Crippen LogP contribution is 2.32. The molecule has 0 atom stereocenters. The average molecular weight is 382 g/mol. The zero-order chi connectivity index (χ0) is 19.5. The smallest absolute Gasteiger partial charge is 0.242 e. The SMILES string of the molecule is CN(Cc1ccc2c(c1)OCCO2)C(=O)CN1C(=O)CCOc2ccccc21. The topological polar surface area (TPSA) is 68.3 Å². The number of amides is 2. The Morgan fingerprint density at radius 1 is 1.00 bits per heavy atom. The van der Waals surface area contributed by atoms with E-state index in [1.54, 1.807) is 18.0 Å². The van der Waals surface area contributed by atoms with Crippen molar-refractivity contribution >= 4 is 17.5 Å². The molecule has 0 saturated carbocycles. The van der Waals surface area contributed by atoms with E-state index in [0.29, 0.717) is 43.6 Å². The Bertz CT molecular complexity index is 898. The Hall–Kier alpha value is -3.22. The minimum atomic E-state index is -0.153. The summed E-state index contributed by atoms with van der Waals surface area (Å²) in [6.07, 6.45) is 0.244. The molecule has 7 nitrogen and oxygen atoms in total. The molecule has 2 aromatic carbocycles. The van der Waals surface area contributed by atoms with E-state index in [-0.39, 0.29) is 24.8 Å². The van der Waals surface area contributed by atoms with Crippen LogP contribution in [0.4, 0.5) is 5.69 Å². The molecule has 0 bridgehead atoms. The van der Waals surface area contributed by atoms with Gasteiger partial charge in [-0.15, -0.1) is 0 Å². The van der Waals surface area contributed by atoms with Crippen LogP contribution < -0.4 is 19.1 Å². The first-order valence-corrected chi connectivity index (χ1v) is 9.26.